The smallest absolute Gasteiger partial charge is 0.270 e. The van der Waals surface area contributed by atoms with E-state index in [2.05, 4.69) is 17.2 Å². The number of nitrogens with one attached hydrogen (secondary N) is 1. The maximum Gasteiger partial charge on any atom is 0.270 e. The van der Waals surface area contributed by atoms with Gasteiger partial charge in [-0.3, -0.25) is 14.6 Å². The number of piperidine rings is 1. The minimum Gasteiger partial charge on any atom is -0.348 e. The lowest BCUT2D eigenvalue weighted by atomic mass is 9.98. The van der Waals surface area contributed by atoms with Crippen molar-refractivity contribution in [3.05, 3.63) is 29.6 Å². The Hall–Kier alpha value is -1.91. The third-order valence-electron chi connectivity index (χ3n) is 5.00. The van der Waals surface area contributed by atoms with E-state index >= 15 is 0 Å². The molecule has 1 aromatic heterocycles. The number of carbonyl (C=O) groups excluding carboxylic acids is 2. The SMILES string of the molecule is CC1CCN(C(=O)c2ccnc(C(=O)NC3CCCC3)c2)CC1. The van der Waals surface area contributed by atoms with Crippen LogP contribution >= 0.6 is 0 Å². The zero-order valence-electron chi connectivity index (χ0n) is 13.8. The second kappa shape index (κ2) is 7.11. The lowest BCUT2D eigenvalue weighted by Gasteiger charge is -2.30. The maximum atomic E-state index is 12.6. The minimum absolute atomic E-state index is 0.00853. The van der Waals surface area contributed by atoms with Gasteiger partial charge < -0.3 is 10.2 Å². The lowest BCUT2D eigenvalue weighted by molar-refractivity contribution is 0.0697. The summed E-state index contributed by atoms with van der Waals surface area (Å²) in [6.07, 6.45) is 8.07. The summed E-state index contributed by atoms with van der Waals surface area (Å²) in [5, 5.41) is 3.02. The molecule has 1 saturated carbocycles. The summed E-state index contributed by atoms with van der Waals surface area (Å²) < 4.78 is 0. The molecule has 3 rings (SSSR count). The van der Waals surface area contributed by atoms with Crippen molar-refractivity contribution in [3.63, 3.8) is 0 Å². The van der Waals surface area contributed by atoms with Gasteiger partial charge in [0.1, 0.15) is 5.69 Å². The Morgan fingerprint density at radius 2 is 1.87 bits per heavy atom. The fourth-order valence-corrected chi connectivity index (χ4v) is 3.41. The van der Waals surface area contributed by atoms with Gasteiger partial charge in [0.25, 0.3) is 11.8 Å². The largest absolute Gasteiger partial charge is 0.348 e. The van der Waals surface area contributed by atoms with E-state index < -0.39 is 0 Å². The highest BCUT2D eigenvalue weighted by Crippen LogP contribution is 2.19. The average Bonchev–Trinajstić information content (AvgIpc) is 3.08. The van der Waals surface area contributed by atoms with Crippen molar-refractivity contribution < 1.29 is 9.59 Å². The summed E-state index contributed by atoms with van der Waals surface area (Å²) in [7, 11) is 0. The predicted molar refractivity (Wildman–Crippen MR) is 88.3 cm³/mol. The van der Waals surface area contributed by atoms with Gasteiger partial charge in [0, 0.05) is 30.9 Å². The Bertz CT molecular complexity index is 573. The van der Waals surface area contributed by atoms with Crippen LogP contribution in [0.2, 0.25) is 0 Å². The maximum absolute atomic E-state index is 12.6. The zero-order valence-corrected chi connectivity index (χ0v) is 13.8. The standard InChI is InChI=1S/C18H25N3O2/c1-13-7-10-21(11-8-13)18(23)14-6-9-19-16(12-14)17(22)20-15-4-2-3-5-15/h6,9,12-13,15H,2-5,7-8,10-11H2,1H3,(H,20,22). The minimum atomic E-state index is -0.168. The number of carbonyl (C=O) groups is 2. The van der Waals surface area contributed by atoms with Gasteiger partial charge >= 0.3 is 0 Å². The molecule has 2 amide bonds. The van der Waals surface area contributed by atoms with E-state index in [1.165, 1.54) is 12.8 Å². The van der Waals surface area contributed by atoms with Crippen LogP contribution in [0.4, 0.5) is 0 Å². The molecule has 5 nitrogen and oxygen atoms in total. The van der Waals surface area contributed by atoms with Crippen molar-refractivity contribution in [1.29, 1.82) is 0 Å². The monoisotopic (exact) mass is 315 g/mol. The molecule has 2 aliphatic rings. The van der Waals surface area contributed by atoms with Gasteiger partial charge in [-0.05, 0) is 43.7 Å². The summed E-state index contributed by atoms with van der Waals surface area (Å²) >= 11 is 0. The summed E-state index contributed by atoms with van der Waals surface area (Å²) in [4.78, 5) is 30.9. The molecule has 0 atom stereocenters. The van der Waals surface area contributed by atoms with Crippen LogP contribution in [0, 0.1) is 5.92 Å². The summed E-state index contributed by atoms with van der Waals surface area (Å²) in [5.74, 6) is 0.525. The second-order valence-corrected chi connectivity index (χ2v) is 6.86. The molecular weight excluding hydrogens is 290 g/mol. The quantitative estimate of drug-likeness (QED) is 0.932. The molecule has 23 heavy (non-hydrogen) atoms. The first-order valence-corrected chi connectivity index (χ1v) is 8.69. The second-order valence-electron chi connectivity index (χ2n) is 6.86. The van der Waals surface area contributed by atoms with E-state index in [0.29, 0.717) is 17.2 Å². The van der Waals surface area contributed by atoms with E-state index in [-0.39, 0.29) is 17.9 Å². The number of amides is 2. The number of hydrogen-bond acceptors (Lipinski definition) is 3. The fraction of sp³-hybridized carbons (Fsp3) is 0.611. The molecule has 2 heterocycles. The molecule has 1 aliphatic heterocycles. The number of pyridine rings is 1. The number of rotatable bonds is 3. The molecule has 1 aliphatic carbocycles. The molecule has 1 saturated heterocycles. The van der Waals surface area contributed by atoms with Gasteiger partial charge in [-0.15, -0.1) is 0 Å². The molecule has 5 heteroatoms. The van der Waals surface area contributed by atoms with Crippen LogP contribution < -0.4 is 5.32 Å². The number of aromatic nitrogens is 1. The number of likely N-dealkylation sites (tertiary alicyclic amines) is 1. The lowest BCUT2D eigenvalue weighted by Crippen LogP contribution is -2.38. The Balaban J connectivity index is 1.66. The van der Waals surface area contributed by atoms with E-state index in [4.69, 9.17) is 0 Å². The zero-order chi connectivity index (χ0) is 16.2. The molecule has 0 spiro atoms. The van der Waals surface area contributed by atoms with E-state index in [1.54, 1.807) is 18.3 Å². The van der Waals surface area contributed by atoms with Gasteiger partial charge in [0.05, 0.1) is 0 Å². The van der Waals surface area contributed by atoms with Crippen LogP contribution in [-0.2, 0) is 0 Å². The Labute approximate surface area is 137 Å². The topological polar surface area (TPSA) is 62.3 Å². The molecule has 1 N–H and O–H groups in total. The third-order valence-corrected chi connectivity index (χ3v) is 5.00. The van der Waals surface area contributed by atoms with Gasteiger partial charge in [-0.2, -0.15) is 0 Å². The molecular formula is C18H25N3O2. The molecule has 124 valence electrons. The summed E-state index contributed by atoms with van der Waals surface area (Å²) in [5.41, 5.74) is 0.902. The van der Waals surface area contributed by atoms with Crippen LogP contribution in [0.3, 0.4) is 0 Å². The van der Waals surface area contributed by atoms with Crippen LogP contribution in [0.15, 0.2) is 18.3 Å². The first-order valence-electron chi connectivity index (χ1n) is 8.69. The van der Waals surface area contributed by atoms with E-state index in [1.807, 2.05) is 4.90 Å². The van der Waals surface area contributed by atoms with E-state index in [0.717, 1.165) is 38.8 Å². The molecule has 0 radical (unpaired) electrons. The average molecular weight is 315 g/mol. The normalized spacial score (nSPS) is 19.8. The highest BCUT2D eigenvalue weighted by atomic mass is 16.2. The number of hydrogen-bond donors (Lipinski definition) is 1. The van der Waals surface area contributed by atoms with Gasteiger partial charge in [-0.1, -0.05) is 19.8 Å². The van der Waals surface area contributed by atoms with Crippen LogP contribution in [0.5, 0.6) is 0 Å². The first-order chi connectivity index (χ1) is 11.1. The van der Waals surface area contributed by atoms with Crippen molar-refractivity contribution in [1.82, 2.24) is 15.2 Å². The Morgan fingerprint density at radius 3 is 2.57 bits per heavy atom. The highest BCUT2D eigenvalue weighted by molar-refractivity contribution is 5.98. The van der Waals surface area contributed by atoms with Crippen LogP contribution in [0.25, 0.3) is 0 Å². The summed E-state index contributed by atoms with van der Waals surface area (Å²) in [6, 6.07) is 3.59. The van der Waals surface area contributed by atoms with Crippen LogP contribution in [-0.4, -0.2) is 40.8 Å². The van der Waals surface area contributed by atoms with E-state index in [9.17, 15) is 9.59 Å². The Morgan fingerprint density at radius 1 is 1.17 bits per heavy atom. The number of nitrogens with zero attached hydrogens (tertiary/aromatic N) is 2. The molecule has 2 fully saturated rings. The van der Waals surface area contributed by atoms with Crippen molar-refractivity contribution >= 4 is 11.8 Å². The first kappa shape index (κ1) is 16.0. The predicted octanol–water partition coefficient (Wildman–Crippen LogP) is 2.63. The molecule has 0 aromatic carbocycles. The molecule has 0 unspecified atom stereocenters. The van der Waals surface area contributed by atoms with Crippen molar-refractivity contribution in [2.45, 2.75) is 51.5 Å². The van der Waals surface area contributed by atoms with Crippen LogP contribution in [0.1, 0.15) is 66.3 Å². The third kappa shape index (κ3) is 3.89. The molecule has 0 bridgehead atoms. The van der Waals surface area contributed by atoms with Crippen molar-refractivity contribution in [2.75, 3.05) is 13.1 Å². The van der Waals surface area contributed by atoms with Gasteiger partial charge in [-0.25, -0.2) is 0 Å². The fourth-order valence-electron chi connectivity index (χ4n) is 3.41. The van der Waals surface area contributed by atoms with Crippen molar-refractivity contribution in [2.24, 2.45) is 5.92 Å². The van der Waals surface area contributed by atoms with Gasteiger partial charge in [0.15, 0.2) is 0 Å². The van der Waals surface area contributed by atoms with Gasteiger partial charge in [0.2, 0.25) is 0 Å². The Kier molecular flexibility index (Phi) is 4.94. The van der Waals surface area contributed by atoms with Crippen molar-refractivity contribution in [3.8, 4) is 0 Å². The molecule has 1 aromatic rings. The highest BCUT2D eigenvalue weighted by Gasteiger charge is 2.23. The summed E-state index contributed by atoms with van der Waals surface area (Å²) in [6.45, 7) is 3.82.